The highest BCUT2D eigenvalue weighted by Crippen LogP contribution is 2.27. The molecule has 0 saturated heterocycles. The van der Waals surface area contributed by atoms with E-state index in [4.69, 9.17) is 14.6 Å². The summed E-state index contributed by atoms with van der Waals surface area (Å²) < 4.78 is 10.5. The van der Waals surface area contributed by atoms with Crippen molar-refractivity contribution < 1.29 is 14.6 Å². The molecule has 1 N–H and O–H groups in total. The predicted octanol–water partition coefficient (Wildman–Crippen LogP) is 1.65. The number of ether oxygens (including phenoxy) is 2. The molecule has 1 aliphatic heterocycles. The van der Waals surface area contributed by atoms with Crippen molar-refractivity contribution in [1.82, 2.24) is 0 Å². The van der Waals surface area contributed by atoms with Crippen LogP contribution in [-0.2, 0) is 11.3 Å². The second kappa shape index (κ2) is 3.98. The summed E-state index contributed by atoms with van der Waals surface area (Å²) in [6.07, 6.45) is 0. The van der Waals surface area contributed by atoms with Crippen molar-refractivity contribution in [1.29, 1.82) is 0 Å². The highest BCUT2D eigenvalue weighted by molar-refractivity contribution is 5.38. The molecule has 0 radical (unpaired) electrons. The van der Waals surface area contributed by atoms with Gasteiger partial charge in [-0.25, -0.2) is 0 Å². The third-order valence-corrected chi connectivity index (χ3v) is 2.48. The first-order valence-electron chi connectivity index (χ1n) is 4.75. The average molecular weight is 194 g/mol. The Bertz CT molecular complexity index is 322. The normalized spacial score (nSPS) is 17.0. The maximum absolute atomic E-state index is 9.03. The lowest BCUT2D eigenvalue weighted by atomic mass is 9.99. The SMILES string of the molecule is CC(CO)c1ccc2c(c1)COCO2. The Labute approximate surface area is 83.3 Å². The molecule has 3 nitrogen and oxygen atoms in total. The van der Waals surface area contributed by atoms with Crippen LogP contribution in [0.2, 0.25) is 0 Å². The van der Waals surface area contributed by atoms with E-state index in [1.807, 2.05) is 25.1 Å². The van der Waals surface area contributed by atoms with Crippen LogP contribution >= 0.6 is 0 Å². The molecule has 14 heavy (non-hydrogen) atoms. The van der Waals surface area contributed by atoms with Gasteiger partial charge in [-0.2, -0.15) is 0 Å². The van der Waals surface area contributed by atoms with Crippen LogP contribution in [0.15, 0.2) is 18.2 Å². The zero-order valence-corrected chi connectivity index (χ0v) is 8.19. The van der Waals surface area contributed by atoms with Gasteiger partial charge in [-0.15, -0.1) is 0 Å². The van der Waals surface area contributed by atoms with E-state index in [-0.39, 0.29) is 12.5 Å². The van der Waals surface area contributed by atoms with Gasteiger partial charge in [0.1, 0.15) is 5.75 Å². The van der Waals surface area contributed by atoms with Crippen molar-refractivity contribution in [3.63, 3.8) is 0 Å². The summed E-state index contributed by atoms with van der Waals surface area (Å²) in [5, 5.41) is 9.03. The fourth-order valence-corrected chi connectivity index (χ4v) is 1.52. The number of fused-ring (bicyclic) bond motifs is 1. The lowest BCUT2D eigenvalue weighted by Crippen LogP contribution is -2.12. The maximum atomic E-state index is 9.03. The molecule has 0 bridgehead atoms. The molecule has 0 aromatic heterocycles. The second-order valence-corrected chi connectivity index (χ2v) is 3.56. The maximum Gasteiger partial charge on any atom is 0.189 e. The van der Waals surface area contributed by atoms with E-state index in [9.17, 15) is 0 Å². The number of aliphatic hydroxyl groups excluding tert-OH is 1. The van der Waals surface area contributed by atoms with E-state index in [2.05, 4.69) is 0 Å². The van der Waals surface area contributed by atoms with Gasteiger partial charge < -0.3 is 14.6 Å². The smallest absolute Gasteiger partial charge is 0.189 e. The molecule has 1 heterocycles. The summed E-state index contributed by atoms with van der Waals surface area (Å²) in [5.41, 5.74) is 2.19. The van der Waals surface area contributed by atoms with Crippen LogP contribution in [0.1, 0.15) is 24.0 Å². The highest BCUT2D eigenvalue weighted by atomic mass is 16.7. The summed E-state index contributed by atoms with van der Waals surface area (Å²) in [5.74, 6) is 1.06. The molecule has 1 atom stereocenters. The van der Waals surface area contributed by atoms with E-state index in [0.717, 1.165) is 16.9 Å². The summed E-state index contributed by atoms with van der Waals surface area (Å²) in [6, 6.07) is 5.97. The van der Waals surface area contributed by atoms with Gasteiger partial charge in [0.15, 0.2) is 6.79 Å². The van der Waals surface area contributed by atoms with Gasteiger partial charge in [-0.05, 0) is 17.7 Å². The molecule has 0 saturated carbocycles. The molecule has 0 amide bonds. The first-order chi connectivity index (χ1) is 6.81. The van der Waals surface area contributed by atoms with E-state index in [0.29, 0.717) is 13.4 Å². The molecular weight excluding hydrogens is 180 g/mol. The number of benzene rings is 1. The van der Waals surface area contributed by atoms with Crippen LogP contribution in [0, 0.1) is 0 Å². The average Bonchev–Trinajstić information content (AvgIpc) is 2.27. The Morgan fingerprint density at radius 3 is 3.14 bits per heavy atom. The second-order valence-electron chi connectivity index (χ2n) is 3.56. The molecule has 1 aliphatic rings. The van der Waals surface area contributed by atoms with Gasteiger partial charge in [-0.3, -0.25) is 0 Å². The van der Waals surface area contributed by atoms with Crippen molar-refractivity contribution in [3.8, 4) is 5.75 Å². The standard InChI is InChI=1S/C11H14O3/c1-8(5-12)9-2-3-11-10(4-9)6-13-7-14-11/h2-4,8,12H,5-7H2,1H3. The third kappa shape index (κ3) is 1.74. The zero-order chi connectivity index (χ0) is 9.97. The molecule has 2 rings (SSSR count). The van der Waals surface area contributed by atoms with E-state index < -0.39 is 0 Å². The minimum Gasteiger partial charge on any atom is -0.467 e. The monoisotopic (exact) mass is 194 g/mol. The molecule has 0 spiro atoms. The summed E-state index contributed by atoms with van der Waals surface area (Å²) in [4.78, 5) is 0. The Kier molecular flexibility index (Phi) is 2.70. The van der Waals surface area contributed by atoms with E-state index in [1.165, 1.54) is 0 Å². The van der Waals surface area contributed by atoms with Crippen LogP contribution in [0.4, 0.5) is 0 Å². The third-order valence-electron chi connectivity index (χ3n) is 2.48. The van der Waals surface area contributed by atoms with Crippen molar-refractivity contribution in [2.45, 2.75) is 19.4 Å². The molecule has 0 fully saturated rings. The van der Waals surface area contributed by atoms with Gasteiger partial charge in [-0.1, -0.05) is 13.0 Å². The van der Waals surface area contributed by atoms with Crippen molar-refractivity contribution in [3.05, 3.63) is 29.3 Å². The Hall–Kier alpha value is -1.06. The molecule has 1 aromatic rings. The molecule has 1 unspecified atom stereocenters. The fourth-order valence-electron chi connectivity index (χ4n) is 1.52. The van der Waals surface area contributed by atoms with Gasteiger partial charge >= 0.3 is 0 Å². The number of rotatable bonds is 2. The van der Waals surface area contributed by atoms with E-state index in [1.54, 1.807) is 0 Å². The summed E-state index contributed by atoms with van der Waals surface area (Å²) in [6.45, 7) is 3.09. The lowest BCUT2D eigenvalue weighted by Gasteiger charge is -2.19. The van der Waals surface area contributed by atoms with Gasteiger partial charge in [0.05, 0.1) is 6.61 Å². The topological polar surface area (TPSA) is 38.7 Å². The Balaban J connectivity index is 2.29. The zero-order valence-electron chi connectivity index (χ0n) is 8.19. The van der Waals surface area contributed by atoms with Crippen molar-refractivity contribution in [2.24, 2.45) is 0 Å². The van der Waals surface area contributed by atoms with Crippen LogP contribution in [-0.4, -0.2) is 18.5 Å². The first-order valence-corrected chi connectivity index (χ1v) is 4.75. The van der Waals surface area contributed by atoms with Gasteiger partial charge in [0.2, 0.25) is 0 Å². The fraction of sp³-hybridized carbons (Fsp3) is 0.455. The minimum absolute atomic E-state index is 0.167. The minimum atomic E-state index is 0.167. The summed E-state index contributed by atoms with van der Waals surface area (Å²) >= 11 is 0. The molecular formula is C11H14O3. The van der Waals surface area contributed by atoms with Crippen LogP contribution in [0.25, 0.3) is 0 Å². The van der Waals surface area contributed by atoms with E-state index >= 15 is 0 Å². The molecule has 3 heteroatoms. The molecule has 76 valence electrons. The number of aliphatic hydroxyl groups is 1. The van der Waals surface area contributed by atoms with Gasteiger partial charge in [0.25, 0.3) is 0 Å². The molecule has 0 aliphatic carbocycles. The lowest BCUT2D eigenvalue weighted by molar-refractivity contribution is -0.0164. The predicted molar refractivity (Wildman–Crippen MR) is 52.2 cm³/mol. The largest absolute Gasteiger partial charge is 0.467 e. The van der Waals surface area contributed by atoms with Crippen LogP contribution in [0.5, 0.6) is 5.75 Å². The van der Waals surface area contributed by atoms with Crippen molar-refractivity contribution in [2.75, 3.05) is 13.4 Å². The van der Waals surface area contributed by atoms with Crippen LogP contribution in [0.3, 0.4) is 0 Å². The first kappa shape index (κ1) is 9.49. The highest BCUT2D eigenvalue weighted by Gasteiger charge is 2.12. The Morgan fingerprint density at radius 2 is 2.36 bits per heavy atom. The molecule has 1 aromatic carbocycles. The summed E-state index contributed by atoms with van der Waals surface area (Å²) in [7, 11) is 0. The quantitative estimate of drug-likeness (QED) is 0.778. The van der Waals surface area contributed by atoms with Gasteiger partial charge in [0, 0.05) is 18.1 Å². The van der Waals surface area contributed by atoms with Crippen LogP contribution < -0.4 is 4.74 Å². The Morgan fingerprint density at radius 1 is 1.50 bits per heavy atom. The van der Waals surface area contributed by atoms with Crippen molar-refractivity contribution >= 4 is 0 Å². The number of hydrogen-bond acceptors (Lipinski definition) is 3. The number of hydrogen-bond donors (Lipinski definition) is 1.